The van der Waals surface area contributed by atoms with Crippen LogP contribution in [0.25, 0.3) is 5.69 Å². The second-order valence-electron chi connectivity index (χ2n) is 6.50. The lowest BCUT2D eigenvalue weighted by Crippen LogP contribution is -2.36. The Hall–Kier alpha value is -2.34. The van der Waals surface area contributed by atoms with Gasteiger partial charge in [-0.25, -0.2) is 4.68 Å². The van der Waals surface area contributed by atoms with Gasteiger partial charge in [0.15, 0.2) is 0 Å². The normalized spacial score (nSPS) is 20.8. The number of amides is 1. The molecule has 1 aromatic carbocycles. The van der Waals surface area contributed by atoms with E-state index >= 15 is 0 Å². The molecular formula is C18H23N3O3. The summed E-state index contributed by atoms with van der Waals surface area (Å²) in [6, 6.07) is 8.77. The number of rotatable bonds is 4. The molecule has 1 aliphatic carbocycles. The third-order valence-electron chi connectivity index (χ3n) is 4.65. The van der Waals surface area contributed by atoms with E-state index in [2.05, 4.69) is 10.4 Å². The molecule has 6 heteroatoms. The molecule has 1 amide bonds. The van der Waals surface area contributed by atoms with E-state index in [4.69, 9.17) is 0 Å². The number of nitrogens with zero attached hydrogens (tertiary/aromatic N) is 1. The Morgan fingerprint density at radius 2 is 2.00 bits per heavy atom. The number of aromatic amines is 1. The van der Waals surface area contributed by atoms with Crippen LogP contribution >= 0.6 is 0 Å². The summed E-state index contributed by atoms with van der Waals surface area (Å²) in [6.45, 7) is 2.40. The van der Waals surface area contributed by atoms with Crippen LogP contribution in [0.15, 0.2) is 35.1 Å². The largest absolute Gasteiger partial charge is 0.393 e. The van der Waals surface area contributed by atoms with Crippen LogP contribution in [0, 0.1) is 12.8 Å². The Balaban J connectivity index is 1.68. The summed E-state index contributed by atoms with van der Waals surface area (Å²) in [4.78, 5) is 24.4. The highest BCUT2D eigenvalue weighted by molar-refractivity contribution is 5.92. The molecule has 2 atom stereocenters. The Bertz CT molecular complexity index is 761. The van der Waals surface area contributed by atoms with Gasteiger partial charge in [0.1, 0.15) is 5.69 Å². The molecule has 1 fully saturated rings. The molecule has 128 valence electrons. The summed E-state index contributed by atoms with van der Waals surface area (Å²) in [6.07, 6.45) is 3.48. The second-order valence-corrected chi connectivity index (χ2v) is 6.50. The minimum absolute atomic E-state index is 0.0913. The monoisotopic (exact) mass is 329 g/mol. The fraction of sp³-hybridized carbons (Fsp3) is 0.444. The third kappa shape index (κ3) is 3.59. The van der Waals surface area contributed by atoms with E-state index in [1.165, 1.54) is 10.7 Å². The third-order valence-corrected chi connectivity index (χ3v) is 4.65. The highest BCUT2D eigenvalue weighted by Gasteiger charge is 2.23. The molecule has 0 bridgehead atoms. The molecule has 0 aliphatic heterocycles. The van der Waals surface area contributed by atoms with Crippen molar-refractivity contribution in [1.29, 1.82) is 0 Å². The molecule has 24 heavy (non-hydrogen) atoms. The molecule has 3 rings (SSSR count). The first kappa shape index (κ1) is 16.5. The standard InChI is InChI=1S/C18H23N3O3/c1-12-6-8-14(9-7-12)21-17(23)10-15(20-21)18(24)19-11-13-4-2-3-5-16(13)22/h6-10,13,16,20,22H,2-5,11H2,1H3,(H,19,24)/t13-,16-/m0/s1. The number of aryl methyl sites for hydroxylation is 1. The molecule has 2 aromatic rings. The Kier molecular flexibility index (Phi) is 4.85. The smallest absolute Gasteiger partial charge is 0.271 e. The number of aliphatic hydroxyl groups is 1. The number of aliphatic hydroxyl groups excluding tert-OH is 1. The summed E-state index contributed by atoms with van der Waals surface area (Å²) in [5.74, 6) is -0.232. The molecule has 6 nitrogen and oxygen atoms in total. The van der Waals surface area contributed by atoms with Crippen molar-refractivity contribution in [2.45, 2.75) is 38.7 Å². The lowest BCUT2D eigenvalue weighted by molar-refractivity contribution is 0.0661. The van der Waals surface area contributed by atoms with Gasteiger partial charge in [0.25, 0.3) is 11.5 Å². The van der Waals surface area contributed by atoms with E-state index in [0.717, 1.165) is 31.2 Å². The highest BCUT2D eigenvalue weighted by Crippen LogP contribution is 2.23. The van der Waals surface area contributed by atoms with Crippen molar-refractivity contribution in [2.24, 2.45) is 5.92 Å². The quantitative estimate of drug-likeness (QED) is 0.799. The van der Waals surface area contributed by atoms with Gasteiger partial charge in [-0.3, -0.25) is 14.7 Å². The fourth-order valence-electron chi connectivity index (χ4n) is 3.14. The van der Waals surface area contributed by atoms with Crippen LogP contribution in [-0.4, -0.2) is 33.4 Å². The highest BCUT2D eigenvalue weighted by atomic mass is 16.3. The molecule has 0 unspecified atom stereocenters. The van der Waals surface area contributed by atoms with E-state index in [1.54, 1.807) is 0 Å². The van der Waals surface area contributed by atoms with E-state index in [-0.39, 0.29) is 29.2 Å². The average molecular weight is 329 g/mol. The van der Waals surface area contributed by atoms with Crippen LogP contribution < -0.4 is 10.9 Å². The lowest BCUT2D eigenvalue weighted by Gasteiger charge is -2.27. The Labute approximate surface area is 140 Å². The van der Waals surface area contributed by atoms with Crippen molar-refractivity contribution >= 4 is 5.91 Å². The maximum atomic E-state index is 12.3. The van der Waals surface area contributed by atoms with Crippen molar-refractivity contribution in [2.75, 3.05) is 6.54 Å². The molecule has 1 aliphatic rings. The van der Waals surface area contributed by atoms with Gasteiger partial charge in [0.05, 0.1) is 11.8 Å². The summed E-state index contributed by atoms with van der Waals surface area (Å²) >= 11 is 0. The molecule has 1 heterocycles. The van der Waals surface area contributed by atoms with Gasteiger partial charge in [-0.15, -0.1) is 0 Å². The first-order chi connectivity index (χ1) is 11.5. The maximum absolute atomic E-state index is 12.3. The van der Waals surface area contributed by atoms with Gasteiger partial charge in [-0.05, 0) is 31.9 Å². The SMILES string of the molecule is Cc1ccc(-n2[nH]c(C(=O)NC[C@@H]3CCCC[C@@H]3O)cc2=O)cc1. The van der Waals surface area contributed by atoms with Gasteiger partial charge in [-0.2, -0.15) is 0 Å². The summed E-state index contributed by atoms with van der Waals surface area (Å²) < 4.78 is 1.35. The van der Waals surface area contributed by atoms with Gasteiger partial charge >= 0.3 is 0 Å². The predicted molar refractivity (Wildman–Crippen MR) is 91.4 cm³/mol. The van der Waals surface area contributed by atoms with Crippen LogP contribution in [0.3, 0.4) is 0 Å². The van der Waals surface area contributed by atoms with Crippen molar-refractivity contribution in [3.63, 3.8) is 0 Å². The number of carbonyl (C=O) groups is 1. The van der Waals surface area contributed by atoms with Crippen molar-refractivity contribution < 1.29 is 9.90 Å². The van der Waals surface area contributed by atoms with E-state index < -0.39 is 0 Å². The van der Waals surface area contributed by atoms with Gasteiger partial charge in [0, 0.05) is 18.5 Å². The number of nitrogens with one attached hydrogen (secondary N) is 2. The van der Waals surface area contributed by atoms with Gasteiger partial charge in [0.2, 0.25) is 0 Å². The van der Waals surface area contributed by atoms with Crippen LogP contribution in [0.1, 0.15) is 41.7 Å². The van der Waals surface area contributed by atoms with Crippen LogP contribution in [0.4, 0.5) is 0 Å². The molecule has 3 N–H and O–H groups in total. The number of H-pyrrole nitrogens is 1. The summed E-state index contributed by atoms with van der Waals surface area (Å²) in [7, 11) is 0. The molecular weight excluding hydrogens is 306 g/mol. The first-order valence-electron chi connectivity index (χ1n) is 8.40. The number of aromatic nitrogens is 2. The van der Waals surface area contributed by atoms with E-state index in [0.29, 0.717) is 12.2 Å². The number of hydrogen-bond acceptors (Lipinski definition) is 3. The van der Waals surface area contributed by atoms with Crippen molar-refractivity contribution in [3.8, 4) is 5.69 Å². The Morgan fingerprint density at radius 3 is 2.71 bits per heavy atom. The number of benzene rings is 1. The maximum Gasteiger partial charge on any atom is 0.271 e. The summed E-state index contributed by atoms with van der Waals surface area (Å²) in [5.41, 5.74) is 1.74. The summed E-state index contributed by atoms with van der Waals surface area (Å²) in [5, 5.41) is 15.6. The Morgan fingerprint density at radius 1 is 1.29 bits per heavy atom. The zero-order valence-electron chi connectivity index (χ0n) is 13.8. The first-order valence-corrected chi connectivity index (χ1v) is 8.40. The number of carbonyl (C=O) groups excluding carboxylic acids is 1. The van der Waals surface area contributed by atoms with Gasteiger partial charge in [-0.1, -0.05) is 30.5 Å². The molecule has 0 saturated heterocycles. The van der Waals surface area contributed by atoms with Crippen LogP contribution in [0.2, 0.25) is 0 Å². The van der Waals surface area contributed by atoms with E-state index in [9.17, 15) is 14.7 Å². The van der Waals surface area contributed by atoms with E-state index in [1.807, 2.05) is 31.2 Å². The second kappa shape index (κ2) is 7.05. The zero-order chi connectivity index (χ0) is 17.1. The van der Waals surface area contributed by atoms with Gasteiger partial charge < -0.3 is 10.4 Å². The number of hydrogen-bond donors (Lipinski definition) is 3. The minimum Gasteiger partial charge on any atom is -0.393 e. The molecule has 0 spiro atoms. The average Bonchev–Trinajstić information content (AvgIpc) is 2.96. The molecule has 1 aromatic heterocycles. The van der Waals surface area contributed by atoms with Crippen molar-refractivity contribution in [1.82, 2.24) is 15.1 Å². The van der Waals surface area contributed by atoms with Crippen LogP contribution in [-0.2, 0) is 0 Å². The van der Waals surface area contributed by atoms with Crippen molar-refractivity contribution in [3.05, 3.63) is 51.9 Å². The predicted octanol–water partition coefficient (Wildman–Crippen LogP) is 1.75. The zero-order valence-corrected chi connectivity index (χ0v) is 13.8. The molecule has 0 radical (unpaired) electrons. The molecule has 1 saturated carbocycles. The minimum atomic E-state index is -0.352. The lowest BCUT2D eigenvalue weighted by atomic mass is 9.86. The topological polar surface area (TPSA) is 87.1 Å². The van der Waals surface area contributed by atoms with Crippen LogP contribution in [0.5, 0.6) is 0 Å². The fourth-order valence-corrected chi connectivity index (χ4v) is 3.14.